The molecule has 3 rings (SSSR count). The topological polar surface area (TPSA) is 15.8 Å². The summed E-state index contributed by atoms with van der Waals surface area (Å²) in [5, 5.41) is 1.34. The fourth-order valence-electron chi connectivity index (χ4n) is 2.18. The molecule has 0 spiro atoms. The summed E-state index contributed by atoms with van der Waals surface area (Å²) in [6.07, 6.45) is -4.46. The van der Waals surface area contributed by atoms with Crippen LogP contribution in [0, 0.1) is 0 Å². The third-order valence-corrected chi connectivity index (χ3v) is 3.22. The van der Waals surface area contributed by atoms with Gasteiger partial charge in [-0.2, -0.15) is 13.2 Å². The van der Waals surface area contributed by atoms with Gasteiger partial charge in [-0.25, -0.2) is 0 Å². The van der Waals surface area contributed by atoms with Crippen LogP contribution in [-0.4, -0.2) is 4.98 Å². The van der Waals surface area contributed by atoms with E-state index in [4.69, 9.17) is 11.6 Å². The van der Waals surface area contributed by atoms with E-state index in [1.807, 2.05) is 12.1 Å². The highest BCUT2D eigenvalue weighted by atomic mass is 35.5. The van der Waals surface area contributed by atoms with E-state index in [2.05, 4.69) is 4.98 Å². The first-order valence-corrected chi connectivity index (χ1v) is 5.62. The smallest absolute Gasteiger partial charge is 0.345 e. The van der Waals surface area contributed by atoms with E-state index < -0.39 is 11.7 Å². The molecule has 0 unspecified atom stereocenters. The van der Waals surface area contributed by atoms with Gasteiger partial charge in [0.05, 0.1) is 5.52 Å². The lowest BCUT2D eigenvalue weighted by molar-refractivity contribution is -0.136. The van der Waals surface area contributed by atoms with Gasteiger partial charge in [0.25, 0.3) is 0 Å². The van der Waals surface area contributed by atoms with E-state index in [0.29, 0.717) is 5.52 Å². The van der Waals surface area contributed by atoms with Crippen molar-refractivity contribution < 1.29 is 13.2 Å². The van der Waals surface area contributed by atoms with Crippen molar-refractivity contribution in [3.05, 3.63) is 47.1 Å². The zero-order valence-electron chi connectivity index (χ0n) is 9.38. The molecular formula is C13H8Cl2F3N. The van der Waals surface area contributed by atoms with Crippen molar-refractivity contribution >= 4 is 45.7 Å². The molecular weight excluding hydrogens is 298 g/mol. The van der Waals surface area contributed by atoms with Crippen LogP contribution in [0.25, 0.3) is 21.7 Å². The van der Waals surface area contributed by atoms with E-state index >= 15 is 0 Å². The molecule has 1 aromatic heterocycles. The van der Waals surface area contributed by atoms with Crippen LogP contribution in [-0.2, 0) is 6.18 Å². The summed E-state index contributed by atoms with van der Waals surface area (Å²) in [5.74, 6) is 0. The molecule has 0 saturated heterocycles. The van der Waals surface area contributed by atoms with E-state index in [1.165, 1.54) is 6.07 Å². The largest absolute Gasteiger partial charge is 0.419 e. The fraction of sp³-hybridized carbons (Fsp3) is 0.0769. The molecule has 0 saturated carbocycles. The molecule has 3 aromatic rings. The Labute approximate surface area is 117 Å². The Morgan fingerprint density at radius 2 is 1.63 bits per heavy atom. The molecule has 1 nitrogen and oxygen atoms in total. The average molecular weight is 306 g/mol. The lowest BCUT2D eigenvalue weighted by Gasteiger charge is -2.05. The van der Waals surface area contributed by atoms with Gasteiger partial charge < -0.3 is 4.98 Å². The molecule has 0 fully saturated rings. The van der Waals surface area contributed by atoms with Gasteiger partial charge in [0, 0.05) is 10.8 Å². The molecule has 1 N–H and O–H groups in total. The number of alkyl halides is 3. The highest BCUT2D eigenvalue weighted by Crippen LogP contribution is 2.41. The Morgan fingerprint density at radius 3 is 2.32 bits per heavy atom. The molecule has 2 aromatic carbocycles. The van der Waals surface area contributed by atoms with Crippen LogP contribution in [0.3, 0.4) is 0 Å². The summed E-state index contributed by atoms with van der Waals surface area (Å²) in [7, 11) is 0. The summed E-state index contributed by atoms with van der Waals surface area (Å²) >= 11 is 5.68. The van der Waals surface area contributed by atoms with Crippen molar-refractivity contribution in [1.29, 1.82) is 0 Å². The molecule has 0 amide bonds. The van der Waals surface area contributed by atoms with Crippen LogP contribution in [0.5, 0.6) is 0 Å². The summed E-state index contributed by atoms with van der Waals surface area (Å²) in [4.78, 5) is 2.62. The van der Waals surface area contributed by atoms with Crippen molar-refractivity contribution in [2.75, 3.05) is 0 Å². The Kier molecular flexibility index (Phi) is 3.41. The lowest BCUT2D eigenvalue weighted by atomic mass is 10.1. The Hall–Kier alpha value is -1.39. The number of hydrogen-bond donors (Lipinski definition) is 1. The van der Waals surface area contributed by atoms with E-state index in [1.54, 1.807) is 18.2 Å². The number of fused-ring (bicyclic) bond motifs is 3. The minimum Gasteiger partial charge on any atom is -0.345 e. The third kappa shape index (κ3) is 2.15. The molecule has 6 heteroatoms. The van der Waals surface area contributed by atoms with Gasteiger partial charge in [0.2, 0.25) is 0 Å². The second-order valence-electron chi connectivity index (χ2n) is 4.02. The minimum atomic E-state index is -4.46. The monoisotopic (exact) mass is 305 g/mol. The van der Waals surface area contributed by atoms with Gasteiger partial charge in [-0.05, 0) is 5.39 Å². The van der Waals surface area contributed by atoms with E-state index in [-0.39, 0.29) is 22.9 Å². The summed E-state index contributed by atoms with van der Waals surface area (Å²) in [6.45, 7) is 0. The number of nitrogens with one attached hydrogen (secondary N) is 1. The standard InChI is InChI=1S/C13H7ClF3N.ClH/c14-12-10(13(15,16)17)9-6-5-7-3-1-2-4-8(7)11(9)18-12;/h1-6,18H;1H. The Morgan fingerprint density at radius 1 is 0.947 bits per heavy atom. The fourth-order valence-corrected chi connectivity index (χ4v) is 2.49. The zero-order chi connectivity index (χ0) is 12.9. The molecule has 1 heterocycles. The highest BCUT2D eigenvalue weighted by Gasteiger charge is 2.36. The molecule has 0 bridgehead atoms. The second-order valence-corrected chi connectivity index (χ2v) is 4.40. The first kappa shape index (κ1) is 14.0. The minimum absolute atomic E-state index is 0. The molecule has 0 atom stereocenters. The molecule has 0 aliphatic rings. The van der Waals surface area contributed by atoms with Crippen LogP contribution < -0.4 is 0 Å². The SMILES string of the molecule is Cl.FC(F)(F)c1c(Cl)[nH]c2c1ccc1ccccc12. The highest BCUT2D eigenvalue weighted by molar-refractivity contribution is 6.32. The number of benzene rings is 2. The van der Waals surface area contributed by atoms with Crippen LogP contribution in [0.4, 0.5) is 13.2 Å². The maximum absolute atomic E-state index is 12.9. The van der Waals surface area contributed by atoms with Crippen LogP contribution >= 0.6 is 24.0 Å². The van der Waals surface area contributed by atoms with Gasteiger partial charge in [0.15, 0.2) is 0 Å². The number of aromatic nitrogens is 1. The molecule has 19 heavy (non-hydrogen) atoms. The van der Waals surface area contributed by atoms with Crippen LogP contribution in [0.2, 0.25) is 5.15 Å². The molecule has 0 aliphatic heterocycles. The van der Waals surface area contributed by atoms with Crippen LogP contribution in [0.1, 0.15) is 5.56 Å². The predicted molar refractivity (Wildman–Crippen MR) is 73.1 cm³/mol. The van der Waals surface area contributed by atoms with Crippen molar-refractivity contribution in [3.8, 4) is 0 Å². The summed E-state index contributed by atoms with van der Waals surface area (Å²) in [5.41, 5.74) is -0.379. The Bertz CT molecular complexity index is 747. The number of aromatic amines is 1. The Balaban J connectivity index is 0.00000133. The van der Waals surface area contributed by atoms with Gasteiger partial charge in [-0.1, -0.05) is 48.0 Å². The molecule has 100 valence electrons. The van der Waals surface area contributed by atoms with Crippen LogP contribution in [0.15, 0.2) is 36.4 Å². The van der Waals surface area contributed by atoms with Gasteiger partial charge in [0.1, 0.15) is 10.7 Å². The third-order valence-electron chi connectivity index (χ3n) is 2.94. The normalized spacial score (nSPS) is 11.8. The maximum atomic E-state index is 12.9. The van der Waals surface area contributed by atoms with Crippen molar-refractivity contribution in [2.24, 2.45) is 0 Å². The number of H-pyrrole nitrogens is 1. The van der Waals surface area contributed by atoms with Gasteiger partial charge in [-0.15, -0.1) is 12.4 Å². The first-order chi connectivity index (χ1) is 8.48. The van der Waals surface area contributed by atoms with Crippen molar-refractivity contribution in [1.82, 2.24) is 4.98 Å². The quantitative estimate of drug-likeness (QED) is 0.571. The van der Waals surface area contributed by atoms with E-state index in [0.717, 1.165) is 10.8 Å². The van der Waals surface area contributed by atoms with Crippen molar-refractivity contribution in [2.45, 2.75) is 6.18 Å². The number of halogens is 5. The number of rotatable bonds is 0. The van der Waals surface area contributed by atoms with Gasteiger partial charge >= 0.3 is 6.18 Å². The maximum Gasteiger partial charge on any atom is 0.419 e. The van der Waals surface area contributed by atoms with E-state index in [9.17, 15) is 13.2 Å². The van der Waals surface area contributed by atoms with Crippen molar-refractivity contribution in [3.63, 3.8) is 0 Å². The summed E-state index contributed by atoms with van der Waals surface area (Å²) in [6, 6.07) is 10.3. The predicted octanol–water partition coefficient (Wildman–Crippen LogP) is 5.42. The molecule has 0 radical (unpaired) electrons. The zero-order valence-corrected chi connectivity index (χ0v) is 11.0. The second kappa shape index (κ2) is 4.62. The molecule has 0 aliphatic carbocycles. The number of hydrogen-bond acceptors (Lipinski definition) is 0. The summed E-state index contributed by atoms with van der Waals surface area (Å²) < 4.78 is 38.7. The lowest BCUT2D eigenvalue weighted by Crippen LogP contribution is -2.04. The van der Waals surface area contributed by atoms with Gasteiger partial charge in [-0.3, -0.25) is 0 Å². The first-order valence-electron chi connectivity index (χ1n) is 5.24. The average Bonchev–Trinajstić information content (AvgIpc) is 2.65.